The Balaban J connectivity index is 0. The number of aromatic carboxylic acids is 1. The molecule has 2 N–H and O–H groups in total. The molecule has 4 heteroatoms. The maximum absolute atomic E-state index is 10.1. The van der Waals surface area contributed by atoms with Crippen LogP contribution in [0.3, 0.4) is 0 Å². The van der Waals surface area contributed by atoms with Crippen LogP contribution in [-0.2, 0) is 22.4 Å². The summed E-state index contributed by atoms with van der Waals surface area (Å²) in [4.78, 5) is 10.1. The number of carboxylic acid groups (broad SMARTS) is 1. The van der Waals surface area contributed by atoms with Crippen LogP contribution in [0, 0.1) is 0 Å². The van der Waals surface area contributed by atoms with Gasteiger partial charge >= 0.3 is 22.4 Å². The van der Waals surface area contributed by atoms with Gasteiger partial charge in [-0.3, -0.25) is 0 Å². The number of hydrogen-bond donors (Lipinski definition) is 0. The quantitative estimate of drug-likeness (QED) is 0.611. The van der Waals surface area contributed by atoms with Gasteiger partial charge in [-0.15, -0.1) is 0 Å². The molecule has 0 saturated carbocycles. The average molecular weight is 247 g/mol. The Morgan fingerprint density at radius 2 is 1.64 bits per heavy atom. The molecule has 0 spiro atoms. The first kappa shape index (κ1) is 13.0. The van der Waals surface area contributed by atoms with Crippen molar-refractivity contribution >= 4 is 5.97 Å². The molecule has 0 aliphatic carbocycles. The largest absolute Gasteiger partial charge is 1.00 e. The molecule has 0 atom stereocenters. The fraction of sp³-hybridized carbons (Fsp3) is 0. The van der Waals surface area contributed by atoms with Gasteiger partial charge in [-0.05, 0) is 5.56 Å². The Morgan fingerprint density at radius 1 is 1.18 bits per heavy atom. The van der Waals surface area contributed by atoms with Crippen LogP contribution < -0.4 is 5.11 Å². The van der Waals surface area contributed by atoms with Gasteiger partial charge in [0.15, 0.2) is 0 Å². The van der Waals surface area contributed by atoms with E-state index in [1.165, 1.54) is 12.1 Å². The van der Waals surface area contributed by atoms with E-state index in [1.54, 1.807) is 18.2 Å². The number of rotatable bonds is 1. The zero-order chi connectivity index (χ0) is 6.69. The number of hydrogen-bond acceptors (Lipinski definition) is 2. The van der Waals surface area contributed by atoms with Crippen molar-refractivity contribution in [2.75, 3.05) is 0 Å². The Morgan fingerprint density at radius 3 is 1.91 bits per heavy atom. The molecule has 0 aliphatic rings. The molecule has 0 saturated heterocycles. The van der Waals surface area contributed by atoms with Gasteiger partial charge in [-0.2, -0.15) is 0 Å². The van der Waals surface area contributed by atoms with Crippen molar-refractivity contribution in [2.45, 2.75) is 0 Å². The molecule has 1 rings (SSSR count). The van der Waals surface area contributed by atoms with E-state index in [4.69, 9.17) is 0 Å². The number of benzene rings is 1. The second-order valence-electron chi connectivity index (χ2n) is 1.65. The van der Waals surface area contributed by atoms with Crippen molar-refractivity contribution in [3.8, 4) is 0 Å². The zero-order valence-electron chi connectivity index (χ0n) is 5.50. The van der Waals surface area contributed by atoms with Crippen molar-refractivity contribution in [1.29, 1.82) is 0 Å². The van der Waals surface area contributed by atoms with E-state index in [1.807, 2.05) is 0 Å². The summed E-state index contributed by atoms with van der Waals surface area (Å²) in [5, 5.41) is 10.1. The molecule has 0 aromatic heterocycles. The fourth-order valence-electron chi connectivity index (χ4n) is 0.574. The standard InChI is InChI=1S/C7H6O2.Ag.H2O/c8-7(9)6-4-2-1-3-5-6;;/h1-5H,(H,8,9);;1H2/q;+1;/p-1. The summed E-state index contributed by atoms with van der Waals surface area (Å²) in [5.74, 6) is -1.13. The Hall–Kier alpha value is -0.610. The van der Waals surface area contributed by atoms with Crippen LogP contribution in [0.2, 0.25) is 0 Å². The van der Waals surface area contributed by atoms with Crippen LogP contribution in [0.1, 0.15) is 10.4 Å². The Kier molecular flexibility index (Phi) is 7.24. The van der Waals surface area contributed by atoms with E-state index in [9.17, 15) is 9.90 Å². The summed E-state index contributed by atoms with van der Waals surface area (Å²) in [6, 6.07) is 8.06. The van der Waals surface area contributed by atoms with Crippen molar-refractivity contribution in [1.82, 2.24) is 0 Å². The first-order chi connectivity index (χ1) is 4.30. The van der Waals surface area contributed by atoms with E-state index in [-0.39, 0.29) is 33.4 Å². The van der Waals surface area contributed by atoms with Crippen molar-refractivity contribution < 1.29 is 37.8 Å². The van der Waals surface area contributed by atoms with E-state index < -0.39 is 5.97 Å². The third-order valence-electron chi connectivity index (χ3n) is 1.01. The minimum atomic E-state index is -1.13. The second-order valence-corrected chi connectivity index (χ2v) is 1.65. The van der Waals surface area contributed by atoms with E-state index >= 15 is 0 Å². The van der Waals surface area contributed by atoms with Crippen LogP contribution in [0.15, 0.2) is 30.3 Å². The minimum Gasteiger partial charge on any atom is -0.545 e. The van der Waals surface area contributed by atoms with Crippen LogP contribution in [0.25, 0.3) is 0 Å². The van der Waals surface area contributed by atoms with Gasteiger partial charge in [-0.1, -0.05) is 30.3 Å². The first-order valence-electron chi connectivity index (χ1n) is 2.57. The zero-order valence-corrected chi connectivity index (χ0v) is 6.99. The molecule has 1 aromatic rings. The molecule has 0 fully saturated rings. The van der Waals surface area contributed by atoms with Gasteiger partial charge in [0.25, 0.3) is 0 Å². The van der Waals surface area contributed by atoms with Crippen molar-refractivity contribution in [2.24, 2.45) is 0 Å². The Labute approximate surface area is 79.9 Å². The fourth-order valence-corrected chi connectivity index (χ4v) is 0.574. The summed E-state index contributed by atoms with van der Waals surface area (Å²) >= 11 is 0. The molecule has 0 bridgehead atoms. The second kappa shape index (κ2) is 6.12. The van der Waals surface area contributed by atoms with Gasteiger partial charge in [-0.25, -0.2) is 0 Å². The molecule has 0 unspecified atom stereocenters. The van der Waals surface area contributed by atoms with Crippen LogP contribution in [0.5, 0.6) is 0 Å². The van der Waals surface area contributed by atoms with Gasteiger partial charge in [0.2, 0.25) is 0 Å². The molecule has 64 valence electrons. The van der Waals surface area contributed by atoms with E-state index in [0.717, 1.165) is 0 Å². The number of carbonyl (C=O) groups is 1. The predicted molar refractivity (Wildman–Crippen MR) is 34.4 cm³/mol. The maximum atomic E-state index is 10.1. The molecule has 1 aromatic carbocycles. The van der Waals surface area contributed by atoms with Gasteiger partial charge < -0.3 is 15.4 Å². The summed E-state index contributed by atoms with van der Waals surface area (Å²) in [5.41, 5.74) is 0.220. The SMILES string of the molecule is O.O=C([O-])c1ccccc1.[Ag+]. The molecule has 0 radical (unpaired) electrons. The van der Waals surface area contributed by atoms with Crippen LogP contribution >= 0.6 is 0 Å². The van der Waals surface area contributed by atoms with Gasteiger partial charge in [0.05, 0.1) is 5.97 Å². The van der Waals surface area contributed by atoms with Crippen LogP contribution in [-0.4, -0.2) is 11.4 Å². The summed E-state index contributed by atoms with van der Waals surface area (Å²) in [6.45, 7) is 0. The molecular formula is C7H7AgO3. The third-order valence-corrected chi connectivity index (χ3v) is 1.01. The van der Waals surface area contributed by atoms with Gasteiger partial charge in [0, 0.05) is 0 Å². The van der Waals surface area contributed by atoms with E-state index in [2.05, 4.69) is 0 Å². The number of carbonyl (C=O) groups excluding carboxylic acids is 1. The molecule has 0 aliphatic heterocycles. The van der Waals surface area contributed by atoms with E-state index in [0.29, 0.717) is 0 Å². The monoisotopic (exact) mass is 246 g/mol. The van der Waals surface area contributed by atoms with Crippen molar-refractivity contribution in [3.63, 3.8) is 0 Å². The average Bonchev–Trinajstić information content (AvgIpc) is 1.90. The molecule has 0 heterocycles. The van der Waals surface area contributed by atoms with Crippen molar-refractivity contribution in [3.05, 3.63) is 35.9 Å². The normalized spacial score (nSPS) is 7.27. The topological polar surface area (TPSA) is 71.6 Å². The molecular weight excluding hydrogens is 240 g/mol. The van der Waals surface area contributed by atoms with Crippen LogP contribution in [0.4, 0.5) is 0 Å². The smallest absolute Gasteiger partial charge is 0.545 e. The summed E-state index contributed by atoms with van der Waals surface area (Å²) in [6.07, 6.45) is 0. The molecule has 0 amide bonds. The third kappa shape index (κ3) is 3.95. The first-order valence-corrected chi connectivity index (χ1v) is 2.57. The van der Waals surface area contributed by atoms with Gasteiger partial charge in [0.1, 0.15) is 0 Å². The minimum absolute atomic E-state index is 0. The number of carboxylic acids is 1. The summed E-state index contributed by atoms with van der Waals surface area (Å²) in [7, 11) is 0. The predicted octanol–water partition coefficient (Wildman–Crippen LogP) is -0.777. The Bertz CT molecular complexity index is 210. The molecule has 3 nitrogen and oxygen atoms in total. The summed E-state index contributed by atoms with van der Waals surface area (Å²) < 4.78 is 0. The maximum Gasteiger partial charge on any atom is 1.00 e. The molecule has 11 heavy (non-hydrogen) atoms.